The fraction of sp³-hybridized carbons (Fsp3) is 0.562. The molecule has 0 heterocycles. The Bertz CT molecular complexity index is 430. The lowest BCUT2D eigenvalue weighted by Gasteiger charge is -2.15. The van der Waals surface area contributed by atoms with Gasteiger partial charge in [0.25, 0.3) is 0 Å². The lowest BCUT2D eigenvalue weighted by Crippen LogP contribution is -2.30. The van der Waals surface area contributed by atoms with Crippen LogP contribution in [0.4, 0.5) is 0 Å². The highest BCUT2D eigenvalue weighted by atomic mass is 16.5. The molecule has 5 heteroatoms. The summed E-state index contributed by atoms with van der Waals surface area (Å²) in [4.78, 5) is 13.5. The van der Waals surface area contributed by atoms with Crippen LogP contribution in [0.25, 0.3) is 0 Å². The van der Waals surface area contributed by atoms with Crippen molar-refractivity contribution in [1.29, 1.82) is 0 Å². The molecular weight excluding hydrogens is 268 g/mol. The molecule has 0 saturated carbocycles. The predicted octanol–water partition coefficient (Wildman–Crippen LogP) is 1.58. The minimum atomic E-state index is -0.707. The molecule has 5 nitrogen and oxygen atoms in total. The first-order valence-electron chi connectivity index (χ1n) is 7.24. The van der Waals surface area contributed by atoms with Crippen LogP contribution in [0.3, 0.4) is 0 Å². The van der Waals surface area contributed by atoms with Crippen LogP contribution in [0.2, 0.25) is 0 Å². The second-order valence-corrected chi connectivity index (χ2v) is 5.61. The summed E-state index contributed by atoms with van der Waals surface area (Å²) in [6.45, 7) is 4.85. The average Bonchev–Trinajstić information content (AvgIpc) is 2.42. The van der Waals surface area contributed by atoms with Gasteiger partial charge in [0.1, 0.15) is 5.75 Å². The molecule has 2 N–H and O–H groups in total. The van der Waals surface area contributed by atoms with Gasteiger partial charge in [0.05, 0.1) is 12.2 Å². The zero-order valence-electron chi connectivity index (χ0n) is 13.3. The van der Waals surface area contributed by atoms with Gasteiger partial charge in [-0.1, -0.05) is 12.1 Å². The van der Waals surface area contributed by atoms with E-state index in [1.807, 2.05) is 57.1 Å². The van der Waals surface area contributed by atoms with Crippen LogP contribution in [-0.4, -0.2) is 49.2 Å². The van der Waals surface area contributed by atoms with Crippen molar-refractivity contribution < 1.29 is 14.6 Å². The smallest absolute Gasteiger partial charge is 0.221 e. The van der Waals surface area contributed by atoms with Crippen LogP contribution in [0.15, 0.2) is 24.3 Å². The van der Waals surface area contributed by atoms with Gasteiger partial charge in [-0.25, -0.2) is 0 Å². The molecule has 0 aromatic heterocycles. The standard InChI is InChI=1S/C16H26N2O3/c1-12(2)21-14-7-5-13(6-8-14)15(19)11-17-16(20)9-10-18(3)4/h5-8,12,15,19H,9-11H2,1-4H3,(H,17,20). The van der Waals surface area contributed by atoms with Crippen molar-refractivity contribution in [1.82, 2.24) is 10.2 Å². The molecule has 1 atom stereocenters. The molecule has 118 valence electrons. The van der Waals surface area contributed by atoms with Crippen molar-refractivity contribution in [2.45, 2.75) is 32.5 Å². The van der Waals surface area contributed by atoms with Gasteiger partial charge >= 0.3 is 0 Å². The summed E-state index contributed by atoms with van der Waals surface area (Å²) >= 11 is 0. The molecule has 1 aromatic carbocycles. The Morgan fingerprint density at radius 1 is 1.29 bits per heavy atom. The summed E-state index contributed by atoms with van der Waals surface area (Å²) in [7, 11) is 3.84. The van der Waals surface area contributed by atoms with E-state index in [1.165, 1.54) is 0 Å². The summed E-state index contributed by atoms with van der Waals surface area (Å²) in [6.07, 6.45) is -0.154. The van der Waals surface area contributed by atoms with Crippen LogP contribution in [0, 0.1) is 0 Å². The van der Waals surface area contributed by atoms with Gasteiger partial charge in [0.2, 0.25) is 5.91 Å². The highest BCUT2D eigenvalue weighted by Crippen LogP contribution is 2.18. The number of carbonyl (C=O) groups excluding carboxylic acids is 1. The first kappa shape index (κ1) is 17.5. The Hall–Kier alpha value is -1.59. The number of aliphatic hydroxyl groups is 1. The topological polar surface area (TPSA) is 61.8 Å². The van der Waals surface area contributed by atoms with Crippen molar-refractivity contribution >= 4 is 5.91 Å². The van der Waals surface area contributed by atoms with E-state index in [9.17, 15) is 9.90 Å². The number of aliphatic hydroxyl groups excluding tert-OH is 1. The lowest BCUT2D eigenvalue weighted by atomic mass is 10.1. The number of hydrogen-bond donors (Lipinski definition) is 2. The third kappa shape index (κ3) is 7.11. The van der Waals surface area contributed by atoms with Crippen molar-refractivity contribution in [2.75, 3.05) is 27.2 Å². The minimum Gasteiger partial charge on any atom is -0.491 e. The molecule has 0 fully saturated rings. The van der Waals surface area contributed by atoms with E-state index in [0.29, 0.717) is 13.0 Å². The molecule has 0 aliphatic heterocycles. The highest BCUT2D eigenvalue weighted by molar-refractivity contribution is 5.76. The van der Waals surface area contributed by atoms with Crippen LogP contribution in [0.1, 0.15) is 31.9 Å². The second kappa shape index (κ2) is 8.64. The monoisotopic (exact) mass is 294 g/mol. The lowest BCUT2D eigenvalue weighted by molar-refractivity contribution is -0.121. The van der Waals surface area contributed by atoms with E-state index in [-0.39, 0.29) is 18.6 Å². The number of amides is 1. The maximum absolute atomic E-state index is 11.6. The van der Waals surface area contributed by atoms with Gasteiger partial charge in [0.15, 0.2) is 0 Å². The fourth-order valence-corrected chi connectivity index (χ4v) is 1.78. The first-order chi connectivity index (χ1) is 9.88. The fourth-order valence-electron chi connectivity index (χ4n) is 1.78. The van der Waals surface area contributed by atoms with Gasteiger partial charge < -0.3 is 20.1 Å². The quantitative estimate of drug-likeness (QED) is 0.764. The molecule has 0 aliphatic carbocycles. The molecule has 0 bridgehead atoms. The van der Waals surface area contributed by atoms with Gasteiger partial charge in [-0.3, -0.25) is 4.79 Å². The largest absolute Gasteiger partial charge is 0.491 e. The van der Waals surface area contributed by atoms with Crippen molar-refractivity contribution in [2.24, 2.45) is 0 Å². The van der Waals surface area contributed by atoms with E-state index in [0.717, 1.165) is 11.3 Å². The van der Waals surface area contributed by atoms with Crippen LogP contribution < -0.4 is 10.1 Å². The molecule has 0 aliphatic rings. The number of hydrogen-bond acceptors (Lipinski definition) is 4. The molecule has 0 spiro atoms. The number of carbonyl (C=O) groups is 1. The molecule has 1 amide bonds. The van der Waals surface area contributed by atoms with E-state index >= 15 is 0 Å². The Balaban J connectivity index is 2.41. The SMILES string of the molecule is CC(C)Oc1ccc(C(O)CNC(=O)CCN(C)C)cc1. The maximum Gasteiger partial charge on any atom is 0.221 e. The Labute approximate surface area is 126 Å². The molecule has 21 heavy (non-hydrogen) atoms. The molecular formula is C16H26N2O3. The number of ether oxygens (including phenoxy) is 1. The zero-order valence-corrected chi connectivity index (χ0v) is 13.3. The first-order valence-corrected chi connectivity index (χ1v) is 7.24. The summed E-state index contributed by atoms with van der Waals surface area (Å²) in [5.74, 6) is 0.721. The van der Waals surface area contributed by atoms with Gasteiger partial charge in [0, 0.05) is 19.5 Å². The Kier molecular flexibility index (Phi) is 7.19. The Morgan fingerprint density at radius 2 is 1.90 bits per heavy atom. The van der Waals surface area contributed by atoms with E-state index in [4.69, 9.17) is 4.74 Å². The van der Waals surface area contributed by atoms with Gasteiger partial charge in [-0.15, -0.1) is 0 Å². The summed E-state index contributed by atoms with van der Waals surface area (Å²) in [5, 5.41) is 12.8. The van der Waals surface area contributed by atoms with E-state index in [2.05, 4.69) is 5.32 Å². The maximum atomic E-state index is 11.6. The molecule has 1 rings (SSSR count). The zero-order chi connectivity index (χ0) is 15.8. The predicted molar refractivity (Wildman–Crippen MR) is 83.3 cm³/mol. The summed E-state index contributed by atoms with van der Waals surface area (Å²) in [6, 6.07) is 7.28. The third-order valence-corrected chi connectivity index (χ3v) is 2.92. The van der Waals surface area contributed by atoms with E-state index in [1.54, 1.807) is 0 Å². The normalized spacial score (nSPS) is 12.5. The molecule has 0 saturated heterocycles. The molecule has 0 radical (unpaired) electrons. The second-order valence-electron chi connectivity index (χ2n) is 5.61. The van der Waals surface area contributed by atoms with Crippen LogP contribution in [0.5, 0.6) is 5.75 Å². The summed E-state index contributed by atoms with van der Waals surface area (Å²) in [5.41, 5.74) is 0.763. The number of benzene rings is 1. The minimum absolute atomic E-state index is 0.0532. The highest BCUT2D eigenvalue weighted by Gasteiger charge is 2.10. The van der Waals surface area contributed by atoms with Gasteiger partial charge in [-0.2, -0.15) is 0 Å². The number of nitrogens with zero attached hydrogens (tertiary/aromatic N) is 1. The third-order valence-electron chi connectivity index (χ3n) is 2.92. The summed E-state index contributed by atoms with van der Waals surface area (Å²) < 4.78 is 5.55. The molecule has 1 aromatic rings. The van der Waals surface area contributed by atoms with Crippen LogP contribution in [-0.2, 0) is 4.79 Å². The Morgan fingerprint density at radius 3 is 2.43 bits per heavy atom. The van der Waals surface area contributed by atoms with Gasteiger partial charge in [-0.05, 0) is 45.6 Å². The molecule has 1 unspecified atom stereocenters. The number of rotatable bonds is 8. The van der Waals surface area contributed by atoms with E-state index < -0.39 is 6.10 Å². The van der Waals surface area contributed by atoms with Crippen molar-refractivity contribution in [3.8, 4) is 5.75 Å². The van der Waals surface area contributed by atoms with Crippen molar-refractivity contribution in [3.63, 3.8) is 0 Å². The average molecular weight is 294 g/mol. The number of nitrogens with one attached hydrogen (secondary N) is 1. The van der Waals surface area contributed by atoms with Crippen molar-refractivity contribution in [3.05, 3.63) is 29.8 Å². The van der Waals surface area contributed by atoms with Crippen LogP contribution >= 0.6 is 0 Å².